The molecule has 6 heteroatoms. The summed E-state index contributed by atoms with van der Waals surface area (Å²) in [7, 11) is -3.43. The lowest BCUT2D eigenvalue weighted by Crippen LogP contribution is -2.29. The highest BCUT2D eigenvalue weighted by Crippen LogP contribution is 2.29. The number of sulfonamides is 1. The van der Waals surface area contributed by atoms with Gasteiger partial charge in [0.2, 0.25) is 10.0 Å². The first-order valence-electron chi connectivity index (χ1n) is 7.85. The van der Waals surface area contributed by atoms with E-state index < -0.39 is 10.0 Å². The zero-order valence-corrected chi connectivity index (χ0v) is 14.3. The van der Waals surface area contributed by atoms with Crippen LogP contribution in [0.1, 0.15) is 28.3 Å². The van der Waals surface area contributed by atoms with Crippen molar-refractivity contribution in [3.63, 3.8) is 0 Å². The maximum atomic E-state index is 12.8. The van der Waals surface area contributed by atoms with Gasteiger partial charge in [-0.1, -0.05) is 42.5 Å². The number of likely N-dealkylation sites (tertiary alicyclic amines) is 1. The fraction of sp³-hybridized carbons (Fsp3) is 0.278. The lowest BCUT2D eigenvalue weighted by Gasteiger charge is -2.19. The number of carbonyl (C=O) groups is 1. The quantitative estimate of drug-likeness (QED) is 0.927. The Kier molecular flexibility index (Phi) is 4.57. The first-order valence-corrected chi connectivity index (χ1v) is 9.74. The van der Waals surface area contributed by atoms with Crippen molar-refractivity contribution in [2.45, 2.75) is 12.3 Å². The SMILES string of the molecule is CS(=O)(=O)Nc1ccccc1C(=O)N1CCC(c2ccccc2)C1. The largest absolute Gasteiger partial charge is 0.338 e. The van der Waals surface area contributed by atoms with Crippen molar-refractivity contribution >= 4 is 21.6 Å². The third kappa shape index (κ3) is 3.76. The fourth-order valence-electron chi connectivity index (χ4n) is 3.07. The molecule has 1 fully saturated rings. The number of benzene rings is 2. The molecule has 1 N–H and O–H groups in total. The molecule has 24 heavy (non-hydrogen) atoms. The summed E-state index contributed by atoms with van der Waals surface area (Å²) in [5, 5.41) is 0. The smallest absolute Gasteiger partial charge is 0.256 e. The summed E-state index contributed by atoms with van der Waals surface area (Å²) in [6.07, 6.45) is 1.99. The molecule has 0 radical (unpaired) electrons. The van der Waals surface area contributed by atoms with E-state index in [1.165, 1.54) is 5.56 Å². The van der Waals surface area contributed by atoms with Crippen molar-refractivity contribution in [1.29, 1.82) is 0 Å². The summed E-state index contributed by atoms with van der Waals surface area (Å²) < 4.78 is 25.4. The maximum absolute atomic E-state index is 12.8. The van der Waals surface area contributed by atoms with Gasteiger partial charge in [-0.3, -0.25) is 9.52 Å². The van der Waals surface area contributed by atoms with E-state index in [0.717, 1.165) is 12.7 Å². The van der Waals surface area contributed by atoms with Gasteiger partial charge in [0, 0.05) is 19.0 Å². The van der Waals surface area contributed by atoms with Gasteiger partial charge >= 0.3 is 0 Å². The molecule has 2 aromatic rings. The molecule has 1 atom stereocenters. The van der Waals surface area contributed by atoms with E-state index in [2.05, 4.69) is 16.9 Å². The summed E-state index contributed by atoms with van der Waals surface area (Å²) in [4.78, 5) is 14.6. The predicted octanol–water partition coefficient (Wildman–Crippen LogP) is 2.69. The topological polar surface area (TPSA) is 66.5 Å². The average molecular weight is 344 g/mol. The Morgan fingerprint density at radius 2 is 1.75 bits per heavy atom. The molecule has 0 aromatic heterocycles. The molecule has 0 spiro atoms. The summed E-state index contributed by atoms with van der Waals surface area (Å²) in [6.45, 7) is 1.32. The number of nitrogens with zero attached hydrogens (tertiary/aromatic N) is 1. The van der Waals surface area contributed by atoms with Crippen LogP contribution in [0.5, 0.6) is 0 Å². The van der Waals surface area contributed by atoms with Crippen LogP contribution >= 0.6 is 0 Å². The highest BCUT2D eigenvalue weighted by atomic mass is 32.2. The lowest BCUT2D eigenvalue weighted by molar-refractivity contribution is 0.0792. The molecule has 1 amide bonds. The molecule has 1 aliphatic rings. The molecule has 0 bridgehead atoms. The third-order valence-electron chi connectivity index (χ3n) is 4.20. The van der Waals surface area contributed by atoms with Crippen molar-refractivity contribution in [2.24, 2.45) is 0 Å². The monoisotopic (exact) mass is 344 g/mol. The minimum atomic E-state index is -3.43. The van der Waals surface area contributed by atoms with Crippen LogP contribution < -0.4 is 4.72 Å². The second-order valence-electron chi connectivity index (χ2n) is 6.07. The number of rotatable bonds is 4. The van der Waals surface area contributed by atoms with Crippen LogP contribution in [0.3, 0.4) is 0 Å². The summed E-state index contributed by atoms with van der Waals surface area (Å²) in [6, 6.07) is 16.9. The van der Waals surface area contributed by atoms with Gasteiger partial charge in [-0.05, 0) is 24.1 Å². The van der Waals surface area contributed by atoms with Crippen LogP contribution in [-0.4, -0.2) is 38.6 Å². The Hall–Kier alpha value is -2.34. The van der Waals surface area contributed by atoms with Crippen LogP contribution in [0.25, 0.3) is 0 Å². The van der Waals surface area contributed by atoms with Crippen molar-refractivity contribution in [3.05, 3.63) is 65.7 Å². The maximum Gasteiger partial charge on any atom is 0.256 e. The number of anilines is 1. The Bertz CT molecular complexity index is 834. The molecule has 1 unspecified atom stereocenters. The highest BCUT2D eigenvalue weighted by molar-refractivity contribution is 7.92. The summed E-state index contributed by atoms with van der Waals surface area (Å²) in [5.74, 6) is 0.186. The van der Waals surface area contributed by atoms with Crippen LogP contribution in [0, 0.1) is 0 Å². The Labute approximate surface area is 142 Å². The lowest BCUT2D eigenvalue weighted by atomic mass is 9.99. The van der Waals surface area contributed by atoms with Crippen LogP contribution in [-0.2, 0) is 10.0 Å². The van der Waals surface area contributed by atoms with Gasteiger partial charge in [0.25, 0.3) is 5.91 Å². The summed E-state index contributed by atoms with van der Waals surface area (Å²) in [5.41, 5.74) is 1.94. The molecule has 0 aliphatic carbocycles. The molecular formula is C18H20N2O3S. The average Bonchev–Trinajstić information content (AvgIpc) is 3.04. The van der Waals surface area contributed by atoms with Gasteiger partial charge in [0.1, 0.15) is 0 Å². The predicted molar refractivity (Wildman–Crippen MR) is 94.6 cm³/mol. The fourth-order valence-corrected chi connectivity index (χ4v) is 3.65. The van der Waals surface area contributed by atoms with Crippen LogP contribution in [0.15, 0.2) is 54.6 Å². The molecule has 1 heterocycles. The normalized spacial score (nSPS) is 17.7. The number of hydrogen-bond donors (Lipinski definition) is 1. The Morgan fingerprint density at radius 3 is 2.46 bits per heavy atom. The van der Waals surface area contributed by atoms with E-state index in [1.54, 1.807) is 29.2 Å². The van der Waals surface area contributed by atoms with Crippen molar-refractivity contribution < 1.29 is 13.2 Å². The molecule has 2 aromatic carbocycles. The highest BCUT2D eigenvalue weighted by Gasteiger charge is 2.29. The standard InChI is InChI=1S/C18H20N2O3S/c1-24(22,23)19-17-10-6-5-9-16(17)18(21)20-12-11-15(13-20)14-7-3-2-4-8-14/h2-10,15,19H,11-13H2,1H3. The van der Waals surface area contributed by atoms with Crippen LogP contribution in [0.2, 0.25) is 0 Å². The Balaban J connectivity index is 1.79. The first-order chi connectivity index (χ1) is 11.4. The molecular weight excluding hydrogens is 324 g/mol. The van der Waals surface area contributed by atoms with E-state index in [-0.39, 0.29) is 5.91 Å². The number of nitrogens with one attached hydrogen (secondary N) is 1. The Morgan fingerprint density at radius 1 is 1.08 bits per heavy atom. The summed E-state index contributed by atoms with van der Waals surface area (Å²) >= 11 is 0. The van der Waals surface area contributed by atoms with Crippen molar-refractivity contribution in [2.75, 3.05) is 24.1 Å². The van der Waals surface area contributed by atoms with E-state index in [1.807, 2.05) is 18.2 Å². The molecule has 126 valence electrons. The van der Waals surface area contributed by atoms with Crippen molar-refractivity contribution in [3.8, 4) is 0 Å². The number of para-hydroxylation sites is 1. The molecule has 5 nitrogen and oxygen atoms in total. The van der Waals surface area contributed by atoms with Gasteiger partial charge in [0.05, 0.1) is 17.5 Å². The zero-order valence-electron chi connectivity index (χ0n) is 13.5. The number of carbonyl (C=O) groups excluding carboxylic acids is 1. The van der Waals surface area contributed by atoms with E-state index in [4.69, 9.17) is 0 Å². The number of amides is 1. The van der Waals surface area contributed by atoms with E-state index in [9.17, 15) is 13.2 Å². The van der Waals surface area contributed by atoms with Gasteiger partial charge in [-0.25, -0.2) is 8.42 Å². The minimum Gasteiger partial charge on any atom is -0.338 e. The molecule has 1 saturated heterocycles. The van der Waals surface area contributed by atoms with E-state index >= 15 is 0 Å². The van der Waals surface area contributed by atoms with Gasteiger partial charge < -0.3 is 4.90 Å². The first kappa shape index (κ1) is 16.5. The molecule has 1 aliphatic heterocycles. The second-order valence-corrected chi connectivity index (χ2v) is 7.82. The molecule has 0 saturated carbocycles. The van der Waals surface area contributed by atoms with Gasteiger partial charge in [-0.15, -0.1) is 0 Å². The third-order valence-corrected chi connectivity index (χ3v) is 4.79. The van der Waals surface area contributed by atoms with Gasteiger partial charge in [0.15, 0.2) is 0 Å². The van der Waals surface area contributed by atoms with Gasteiger partial charge in [-0.2, -0.15) is 0 Å². The minimum absolute atomic E-state index is 0.139. The van der Waals surface area contributed by atoms with E-state index in [0.29, 0.717) is 30.3 Å². The zero-order chi connectivity index (χ0) is 17.2. The van der Waals surface area contributed by atoms with Crippen molar-refractivity contribution in [1.82, 2.24) is 4.90 Å². The van der Waals surface area contributed by atoms with Crippen LogP contribution in [0.4, 0.5) is 5.69 Å². The number of hydrogen-bond acceptors (Lipinski definition) is 3. The second kappa shape index (κ2) is 6.65. The molecule has 3 rings (SSSR count).